The van der Waals surface area contributed by atoms with E-state index in [1.807, 2.05) is 32.9 Å². The summed E-state index contributed by atoms with van der Waals surface area (Å²) in [5.41, 5.74) is 1.16. The minimum atomic E-state index is -3.59. The molecule has 7 nitrogen and oxygen atoms in total. The molecule has 0 heterocycles. The largest absolute Gasteiger partial charge is 0.352 e. The van der Waals surface area contributed by atoms with Gasteiger partial charge in [-0.2, -0.15) is 0 Å². The summed E-state index contributed by atoms with van der Waals surface area (Å²) in [5.74, 6) is -0.491. The van der Waals surface area contributed by atoms with Crippen molar-refractivity contribution in [2.45, 2.75) is 58.7 Å². The number of hydrogen-bond donors (Lipinski definition) is 1. The Balaban J connectivity index is 2.23. The van der Waals surface area contributed by atoms with Crippen LogP contribution in [0, 0.1) is 0 Å². The predicted octanol–water partition coefficient (Wildman–Crippen LogP) is 4.87. The smallest absolute Gasteiger partial charge is 0.243 e. The van der Waals surface area contributed by atoms with Crippen molar-refractivity contribution in [1.29, 1.82) is 0 Å². The molecule has 10 heteroatoms. The van der Waals surface area contributed by atoms with Gasteiger partial charge in [-0.05, 0) is 56.5 Å². The standard InChI is InChI=1S/C25H33Cl2N3O4S/c1-5-23(25(32)28-18(2)3)29(17-19-10-6-7-13-22(19)27)24(31)14-9-15-30(35(4,33)34)21-12-8-11-20(26)16-21/h6-8,10-13,16,18,23H,5,9,14-15,17H2,1-4H3,(H,28,32)/t23-/m1/s1. The van der Waals surface area contributed by atoms with Crippen LogP contribution in [0.5, 0.6) is 0 Å². The highest BCUT2D eigenvalue weighted by atomic mass is 35.5. The molecule has 0 bridgehead atoms. The highest BCUT2D eigenvalue weighted by molar-refractivity contribution is 7.92. The van der Waals surface area contributed by atoms with Gasteiger partial charge in [0.25, 0.3) is 0 Å². The van der Waals surface area contributed by atoms with Gasteiger partial charge in [-0.15, -0.1) is 0 Å². The lowest BCUT2D eigenvalue weighted by Crippen LogP contribution is -2.50. The molecular formula is C25H33Cl2N3O4S. The van der Waals surface area contributed by atoms with Crippen molar-refractivity contribution in [3.8, 4) is 0 Å². The van der Waals surface area contributed by atoms with E-state index in [-0.39, 0.29) is 43.8 Å². The predicted molar refractivity (Wildman–Crippen MR) is 142 cm³/mol. The Morgan fingerprint density at radius 1 is 1.06 bits per heavy atom. The summed E-state index contributed by atoms with van der Waals surface area (Å²) >= 11 is 12.4. The first-order chi connectivity index (χ1) is 16.4. The number of amides is 2. The van der Waals surface area contributed by atoms with Gasteiger partial charge in [0.15, 0.2) is 0 Å². The van der Waals surface area contributed by atoms with Crippen LogP contribution < -0.4 is 9.62 Å². The van der Waals surface area contributed by atoms with Crippen LogP contribution in [-0.2, 0) is 26.2 Å². The third-order valence-corrected chi connectivity index (χ3v) is 7.16. The van der Waals surface area contributed by atoms with Crippen molar-refractivity contribution >= 4 is 50.7 Å². The van der Waals surface area contributed by atoms with E-state index in [4.69, 9.17) is 23.2 Å². The molecule has 2 aromatic carbocycles. The summed E-state index contributed by atoms with van der Waals surface area (Å²) in [5, 5.41) is 3.81. The first kappa shape index (κ1) is 28.9. The molecule has 2 rings (SSSR count). The zero-order valence-corrected chi connectivity index (χ0v) is 22.8. The second kappa shape index (κ2) is 13.1. The van der Waals surface area contributed by atoms with Crippen molar-refractivity contribution in [3.05, 3.63) is 64.1 Å². The fourth-order valence-electron chi connectivity index (χ4n) is 3.75. The van der Waals surface area contributed by atoms with Gasteiger partial charge >= 0.3 is 0 Å². The van der Waals surface area contributed by atoms with Crippen LogP contribution in [0.3, 0.4) is 0 Å². The highest BCUT2D eigenvalue weighted by Crippen LogP contribution is 2.24. The number of benzene rings is 2. The fraction of sp³-hybridized carbons (Fsp3) is 0.440. The zero-order chi connectivity index (χ0) is 26.2. The van der Waals surface area contributed by atoms with Crippen molar-refractivity contribution in [2.75, 3.05) is 17.1 Å². The molecule has 2 amide bonds. The topological polar surface area (TPSA) is 86.8 Å². The summed E-state index contributed by atoms with van der Waals surface area (Å²) in [6.07, 6.45) is 1.86. The summed E-state index contributed by atoms with van der Waals surface area (Å²) in [6, 6.07) is 13.0. The highest BCUT2D eigenvalue weighted by Gasteiger charge is 2.29. The van der Waals surface area contributed by atoms with Gasteiger partial charge in [0, 0.05) is 35.6 Å². The first-order valence-corrected chi connectivity index (χ1v) is 14.1. The zero-order valence-electron chi connectivity index (χ0n) is 20.5. The van der Waals surface area contributed by atoms with E-state index < -0.39 is 16.1 Å². The van der Waals surface area contributed by atoms with Gasteiger partial charge in [0.05, 0.1) is 11.9 Å². The van der Waals surface area contributed by atoms with Gasteiger partial charge in [0.1, 0.15) is 6.04 Å². The quantitative estimate of drug-likeness (QED) is 0.415. The molecule has 2 aromatic rings. The van der Waals surface area contributed by atoms with Crippen LogP contribution >= 0.6 is 23.2 Å². The maximum Gasteiger partial charge on any atom is 0.243 e. The van der Waals surface area contributed by atoms with Crippen LogP contribution in [0.25, 0.3) is 0 Å². The molecule has 1 atom stereocenters. The average Bonchev–Trinajstić information content (AvgIpc) is 2.76. The maximum absolute atomic E-state index is 13.4. The molecule has 0 aliphatic heterocycles. The number of rotatable bonds is 12. The lowest BCUT2D eigenvalue weighted by molar-refractivity contribution is -0.141. The number of hydrogen-bond acceptors (Lipinski definition) is 4. The Morgan fingerprint density at radius 2 is 1.74 bits per heavy atom. The molecule has 0 spiro atoms. The van der Waals surface area contributed by atoms with Gasteiger partial charge in [-0.3, -0.25) is 13.9 Å². The molecule has 0 fully saturated rings. The minimum absolute atomic E-state index is 0.0580. The normalized spacial score (nSPS) is 12.3. The number of carbonyl (C=O) groups excluding carboxylic acids is 2. The van der Waals surface area contributed by atoms with E-state index in [0.29, 0.717) is 22.2 Å². The van der Waals surface area contributed by atoms with E-state index in [2.05, 4.69) is 5.32 Å². The van der Waals surface area contributed by atoms with E-state index in [0.717, 1.165) is 11.8 Å². The Labute approximate surface area is 218 Å². The summed E-state index contributed by atoms with van der Waals surface area (Å²) in [4.78, 5) is 27.8. The summed E-state index contributed by atoms with van der Waals surface area (Å²) in [7, 11) is -3.59. The fourth-order valence-corrected chi connectivity index (χ4v) is 5.08. The van der Waals surface area contributed by atoms with Gasteiger partial charge in [-0.25, -0.2) is 8.42 Å². The van der Waals surface area contributed by atoms with Gasteiger partial charge in [-0.1, -0.05) is 54.4 Å². The number of halogens is 2. The molecule has 0 saturated heterocycles. The molecule has 0 aliphatic rings. The second-order valence-corrected chi connectivity index (χ2v) is 11.4. The Morgan fingerprint density at radius 3 is 2.31 bits per heavy atom. The molecule has 0 aromatic heterocycles. The molecular weight excluding hydrogens is 509 g/mol. The number of carbonyl (C=O) groups is 2. The van der Waals surface area contributed by atoms with Gasteiger partial charge < -0.3 is 10.2 Å². The van der Waals surface area contributed by atoms with Crippen molar-refractivity contribution in [3.63, 3.8) is 0 Å². The molecule has 192 valence electrons. The Kier molecular flexibility index (Phi) is 10.9. The van der Waals surface area contributed by atoms with Crippen LogP contribution in [-0.4, -0.2) is 50.0 Å². The molecule has 1 N–H and O–H groups in total. The maximum atomic E-state index is 13.4. The number of anilines is 1. The van der Waals surface area contributed by atoms with Crippen LogP contribution in [0.15, 0.2) is 48.5 Å². The van der Waals surface area contributed by atoms with E-state index >= 15 is 0 Å². The number of nitrogens with zero attached hydrogens (tertiary/aromatic N) is 2. The van der Waals surface area contributed by atoms with Crippen LogP contribution in [0.2, 0.25) is 10.0 Å². The summed E-state index contributed by atoms with van der Waals surface area (Å²) < 4.78 is 26.0. The Hall–Kier alpha value is -2.29. The number of nitrogens with one attached hydrogen (secondary N) is 1. The summed E-state index contributed by atoms with van der Waals surface area (Å²) in [6.45, 7) is 5.84. The first-order valence-electron chi connectivity index (χ1n) is 11.5. The Bertz CT molecular complexity index is 1130. The van der Waals surface area contributed by atoms with Crippen LogP contribution in [0.1, 0.15) is 45.6 Å². The SMILES string of the molecule is CC[C@H](C(=O)NC(C)C)N(Cc1ccccc1Cl)C(=O)CCCN(c1cccc(Cl)c1)S(C)(=O)=O. The molecule has 0 radical (unpaired) electrons. The van der Waals surface area contributed by atoms with E-state index in [9.17, 15) is 18.0 Å². The average molecular weight is 543 g/mol. The lowest BCUT2D eigenvalue weighted by atomic mass is 10.1. The molecule has 35 heavy (non-hydrogen) atoms. The molecule has 0 aliphatic carbocycles. The van der Waals surface area contributed by atoms with Gasteiger partial charge in [0.2, 0.25) is 21.8 Å². The lowest BCUT2D eigenvalue weighted by Gasteiger charge is -2.32. The molecule has 0 unspecified atom stereocenters. The monoisotopic (exact) mass is 541 g/mol. The number of sulfonamides is 1. The van der Waals surface area contributed by atoms with E-state index in [1.54, 1.807) is 36.4 Å². The van der Waals surface area contributed by atoms with E-state index in [1.165, 1.54) is 9.21 Å². The third kappa shape index (κ3) is 8.70. The van der Waals surface area contributed by atoms with Crippen molar-refractivity contribution in [2.24, 2.45) is 0 Å². The third-order valence-electron chi connectivity index (χ3n) is 5.36. The van der Waals surface area contributed by atoms with Crippen LogP contribution in [0.4, 0.5) is 5.69 Å². The second-order valence-electron chi connectivity index (χ2n) is 8.62. The van der Waals surface area contributed by atoms with Crippen molar-refractivity contribution < 1.29 is 18.0 Å². The van der Waals surface area contributed by atoms with Crippen molar-refractivity contribution in [1.82, 2.24) is 10.2 Å². The minimum Gasteiger partial charge on any atom is -0.352 e. The molecule has 0 saturated carbocycles.